The van der Waals surface area contributed by atoms with Gasteiger partial charge in [0, 0.05) is 19.6 Å². The molecule has 0 unspecified atom stereocenters. The van der Waals surface area contributed by atoms with Crippen LogP contribution in [0.25, 0.3) is 5.57 Å². The number of aromatic hydroxyl groups is 1. The van der Waals surface area contributed by atoms with Gasteiger partial charge in [-0.15, -0.1) is 0 Å². The molecule has 0 aliphatic carbocycles. The van der Waals surface area contributed by atoms with E-state index < -0.39 is 6.10 Å². The van der Waals surface area contributed by atoms with Crippen molar-refractivity contribution in [2.45, 2.75) is 12.5 Å². The Kier molecular flexibility index (Phi) is 6.15. The molecule has 0 bridgehead atoms. The van der Waals surface area contributed by atoms with Crippen LogP contribution in [0, 0.1) is 0 Å². The van der Waals surface area contributed by atoms with Gasteiger partial charge in [0.2, 0.25) is 0 Å². The molecule has 5 nitrogen and oxygen atoms in total. The van der Waals surface area contributed by atoms with Crippen molar-refractivity contribution in [3.8, 4) is 17.2 Å². The molecule has 1 aliphatic rings. The second-order valence-electron chi connectivity index (χ2n) is 6.43. The van der Waals surface area contributed by atoms with E-state index in [2.05, 4.69) is 11.0 Å². The van der Waals surface area contributed by atoms with Crippen molar-refractivity contribution in [3.63, 3.8) is 0 Å². The molecule has 2 aromatic carbocycles. The van der Waals surface area contributed by atoms with E-state index in [4.69, 9.17) is 9.47 Å². The minimum atomic E-state index is -0.541. The molecule has 0 radical (unpaired) electrons. The summed E-state index contributed by atoms with van der Waals surface area (Å²) in [5.41, 5.74) is 2.43. The molecule has 1 atom stereocenters. The Hall–Kier alpha value is -2.50. The molecule has 0 spiro atoms. The number of methoxy groups -OCH3 is 1. The van der Waals surface area contributed by atoms with E-state index in [-0.39, 0.29) is 12.4 Å². The predicted octanol–water partition coefficient (Wildman–Crippen LogP) is 2.93. The van der Waals surface area contributed by atoms with Crippen LogP contribution in [0.3, 0.4) is 0 Å². The summed E-state index contributed by atoms with van der Waals surface area (Å²) in [4.78, 5) is 2.21. The van der Waals surface area contributed by atoms with Crippen LogP contribution in [0.2, 0.25) is 0 Å². The lowest BCUT2D eigenvalue weighted by atomic mass is 9.99. The monoisotopic (exact) mass is 355 g/mol. The number of β-amino-alcohol motifs (C(OH)–C–C–N with tert-alkyl or cyclic N) is 1. The highest BCUT2D eigenvalue weighted by Crippen LogP contribution is 2.24. The quantitative estimate of drug-likeness (QED) is 0.800. The summed E-state index contributed by atoms with van der Waals surface area (Å²) in [6.07, 6.45) is 2.57. The zero-order valence-electron chi connectivity index (χ0n) is 15.0. The van der Waals surface area contributed by atoms with Gasteiger partial charge in [0.15, 0.2) is 0 Å². The van der Waals surface area contributed by atoms with Crippen molar-refractivity contribution in [2.24, 2.45) is 0 Å². The molecule has 0 fully saturated rings. The highest BCUT2D eigenvalue weighted by molar-refractivity contribution is 5.67. The number of hydrogen-bond donors (Lipinski definition) is 2. The zero-order chi connectivity index (χ0) is 18.4. The summed E-state index contributed by atoms with van der Waals surface area (Å²) in [5, 5.41) is 19.6. The third kappa shape index (κ3) is 5.00. The first kappa shape index (κ1) is 18.3. The van der Waals surface area contributed by atoms with Crippen LogP contribution in [0.5, 0.6) is 17.2 Å². The first-order valence-corrected chi connectivity index (χ1v) is 8.80. The van der Waals surface area contributed by atoms with E-state index in [9.17, 15) is 10.2 Å². The smallest absolute Gasteiger partial charge is 0.119 e. The van der Waals surface area contributed by atoms with E-state index in [0.717, 1.165) is 36.6 Å². The summed E-state index contributed by atoms with van der Waals surface area (Å²) in [7, 11) is 1.62. The van der Waals surface area contributed by atoms with Crippen LogP contribution in [-0.4, -0.2) is 54.6 Å². The lowest BCUT2D eigenvalue weighted by Crippen LogP contribution is -2.38. The molecule has 2 aromatic rings. The second-order valence-corrected chi connectivity index (χ2v) is 6.43. The third-order valence-corrected chi connectivity index (χ3v) is 4.50. The minimum Gasteiger partial charge on any atom is -0.508 e. The summed E-state index contributed by atoms with van der Waals surface area (Å²) in [5.74, 6) is 1.78. The Morgan fingerprint density at radius 1 is 1.04 bits per heavy atom. The maximum Gasteiger partial charge on any atom is 0.119 e. The molecule has 3 rings (SSSR count). The fourth-order valence-corrected chi connectivity index (χ4v) is 3.03. The van der Waals surface area contributed by atoms with Gasteiger partial charge >= 0.3 is 0 Å². The van der Waals surface area contributed by atoms with Crippen molar-refractivity contribution in [1.29, 1.82) is 0 Å². The van der Waals surface area contributed by atoms with Gasteiger partial charge in [-0.1, -0.05) is 18.2 Å². The number of phenolic OH excluding ortho intramolecular Hbond substituents is 1. The molecular formula is C21H25NO4. The van der Waals surface area contributed by atoms with Gasteiger partial charge in [-0.25, -0.2) is 0 Å². The second kappa shape index (κ2) is 8.74. The fraction of sp³-hybridized carbons (Fsp3) is 0.333. The maximum absolute atomic E-state index is 10.2. The average molecular weight is 355 g/mol. The molecule has 2 N–H and O–H groups in total. The standard InChI is InChI=1S/C21H25NO4/c1-25-20-6-8-21(9-7-20)26-15-19(24)14-22-12-10-17(11-13-22)16-2-4-18(23)5-3-16/h2-10,19,23-24H,11-15H2,1H3/t19-/m1/s1. The van der Waals surface area contributed by atoms with Gasteiger partial charge in [0.25, 0.3) is 0 Å². The highest BCUT2D eigenvalue weighted by Gasteiger charge is 2.16. The number of benzene rings is 2. The van der Waals surface area contributed by atoms with E-state index >= 15 is 0 Å². The average Bonchev–Trinajstić information content (AvgIpc) is 2.68. The Morgan fingerprint density at radius 2 is 1.73 bits per heavy atom. The first-order valence-electron chi connectivity index (χ1n) is 8.80. The summed E-state index contributed by atoms with van der Waals surface area (Å²) >= 11 is 0. The molecular weight excluding hydrogens is 330 g/mol. The van der Waals surface area contributed by atoms with Crippen molar-refractivity contribution in [1.82, 2.24) is 4.90 Å². The summed E-state index contributed by atoms with van der Waals surface area (Å²) in [6.45, 7) is 2.54. The number of aliphatic hydroxyl groups excluding tert-OH is 1. The third-order valence-electron chi connectivity index (χ3n) is 4.50. The Morgan fingerprint density at radius 3 is 2.35 bits per heavy atom. The van der Waals surface area contributed by atoms with Crippen LogP contribution < -0.4 is 9.47 Å². The van der Waals surface area contributed by atoms with E-state index in [1.807, 2.05) is 36.4 Å². The van der Waals surface area contributed by atoms with Crippen molar-refractivity contribution in [2.75, 3.05) is 33.4 Å². The molecule has 0 saturated carbocycles. The molecule has 5 heteroatoms. The number of aliphatic hydroxyl groups is 1. The van der Waals surface area contributed by atoms with E-state index in [1.54, 1.807) is 19.2 Å². The minimum absolute atomic E-state index is 0.261. The van der Waals surface area contributed by atoms with Crippen molar-refractivity contribution < 1.29 is 19.7 Å². The fourth-order valence-electron chi connectivity index (χ4n) is 3.03. The SMILES string of the molecule is COc1ccc(OC[C@H](O)CN2CC=C(c3ccc(O)cc3)CC2)cc1. The molecule has 1 heterocycles. The van der Waals surface area contributed by atoms with Gasteiger partial charge in [-0.2, -0.15) is 0 Å². The first-order chi connectivity index (χ1) is 12.6. The van der Waals surface area contributed by atoms with Gasteiger partial charge in [0.05, 0.1) is 7.11 Å². The van der Waals surface area contributed by atoms with Gasteiger partial charge in [-0.05, 0) is 54.0 Å². The number of phenols is 1. The maximum atomic E-state index is 10.2. The van der Waals surface area contributed by atoms with E-state index in [0.29, 0.717) is 6.54 Å². The number of rotatable bonds is 7. The van der Waals surface area contributed by atoms with Gasteiger partial charge in [-0.3, -0.25) is 4.90 Å². The highest BCUT2D eigenvalue weighted by atomic mass is 16.5. The molecule has 138 valence electrons. The van der Waals surface area contributed by atoms with Crippen LogP contribution in [0.1, 0.15) is 12.0 Å². The number of nitrogens with zero attached hydrogens (tertiary/aromatic N) is 1. The topological polar surface area (TPSA) is 62.2 Å². The molecule has 1 aliphatic heterocycles. The molecule has 26 heavy (non-hydrogen) atoms. The van der Waals surface area contributed by atoms with Gasteiger partial charge < -0.3 is 19.7 Å². The zero-order valence-corrected chi connectivity index (χ0v) is 15.0. The van der Waals surface area contributed by atoms with E-state index in [1.165, 1.54) is 5.57 Å². The Labute approximate surface area is 154 Å². The van der Waals surface area contributed by atoms with Gasteiger partial charge in [0.1, 0.15) is 30.0 Å². The molecule has 0 aromatic heterocycles. The Balaban J connectivity index is 1.45. The molecule has 0 amide bonds. The molecule has 0 saturated heterocycles. The van der Waals surface area contributed by atoms with Crippen molar-refractivity contribution >= 4 is 5.57 Å². The normalized spacial score (nSPS) is 16.0. The number of hydrogen-bond acceptors (Lipinski definition) is 5. The Bertz CT molecular complexity index is 725. The lowest BCUT2D eigenvalue weighted by molar-refractivity contribution is 0.0717. The lowest BCUT2D eigenvalue weighted by Gasteiger charge is -2.28. The van der Waals surface area contributed by atoms with Crippen molar-refractivity contribution in [3.05, 3.63) is 60.2 Å². The number of ether oxygens (including phenoxy) is 2. The summed E-state index contributed by atoms with van der Waals surface area (Å²) < 4.78 is 10.8. The summed E-state index contributed by atoms with van der Waals surface area (Å²) in [6, 6.07) is 14.6. The van der Waals surface area contributed by atoms with Crippen LogP contribution >= 0.6 is 0 Å². The van der Waals surface area contributed by atoms with Crippen LogP contribution in [0.4, 0.5) is 0 Å². The van der Waals surface area contributed by atoms with Crippen LogP contribution in [0.15, 0.2) is 54.6 Å². The largest absolute Gasteiger partial charge is 0.508 e. The van der Waals surface area contributed by atoms with Crippen LogP contribution in [-0.2, 0) is 0 Å². The predicted molar refractivity (Wildman–Crippen MR) is 102 cm³/mol.